The van der Waals surface area contributed by atoms with Crippen LogP contribution in [0.4, 0.5) is 4.79 Å². The largest absolute Gasteiger partial charge is 0.373 e. The number of rotatable bonds is 4. The van der Waals surface area contributed by atoms with Crippen molar-refractivity contribution in [2.45, 2.75) is 18.6 Å². The molecule has 4 amide bonds. The fourth-order valence-corrected chi connectivity index (χ4v) is 1.89. The average molecular weight is 240 g/mol. The standard InChI is InChI=1S/C10H12N2O5/c13-8-7(1-5-3-16-5)9(14)12(10(15)11-8)2-6-4-17-6/h5-7H,1-4H2,(H,11,13,15). The first kappa shape index (κ1) is 10.7. The molecule has 0 aromatic heterocycles. The molecule has 3 heterocycles. The SMILES string of the molecule is O=C1NC(=O)N(CC2CO2)C(=O)C1CC1CO1. The number of hydrogen-bond acceptors (Lipinski definition) is 5. The Labute approximate surface area is 97.0 Å². The molecule has 1 N–H and O–H groups in total. The van der Waals surface area contributed by atoms with Gasteiger partial charge in [0.1, 0.15) is 5.92 Å². The van der Waals surface area contributed by atoms with Crippen LogP contribution < -0.4 is 5.32 Å². The molecule has 7 heteroatoms. The summed E-state index contributed by atoms with van der Waals surface area (Å²) >= 11 is 0. The van der Waals surface area contributed by atoms with E-state index in [2.05, 4.69) is 5.32 Å². The molecule has 3 rings (SSSR count). The summed E-state index contributed by atoms with van der Waals surface area (Å²) in [5.74, 6) is -1.77. The zero-order valence-corrected chi connectivity index (χ0v) is 9.05. The number of barbiturate groups is 1. The summed E-state index contributed by atoms with van der Waals surface area (Å²) in [4.78, 5) is 36.1. The third-order valence-electron chi connectivity index (χ3n) is 3.05. The summed E-state index contributed by atoms with van der Waals surface area (Å²) in [6.45, 7) is 1.36. The van der Waals surface area contributed by atoms with Crippen LogP contribution >= 0.6 is 0 Å². The Morgan fingerprint density at radius 2 is 1.82 bits per heavy atom. The van der Waals surface area contributed by atoms with Crippen molar-refractivity contribution in [2.24, 2.45) is 5.92 Å². The molecule has 3 saturated heterocycles. The minimum absolute atomic E-state index is 0.0260. The normalized spacial score (nSPS) is 35.9. The second-order valence-corrected chi connectivity index (χ2v) is 4.44. The van der Waals surface area contributed by atoms with Crippen molar-refractivity contribution in [3.63, 3.8) is 0 Å². The molecule has 7 nitrogen and oxygen atoms in total. The summed E-state index contributed by atoms with van der Waals surface area (Å²) < 4.78 is 9.98. The smallest absolute Gasteiger partial charge is 0.330 e. The number of ether oxygens (including phenoxy) is 2. The number of urea groups is 1. The van der Waals surface area contributed by atoms with Gasteiger partial charge in [0.2, 0.25) is 11.8 Å². The second kappa shape index (κ2) is 3.78. The van der Waals surface area contributed by atoms with Gasteiger partial charge in [0.05, 0.1) is 32.0 Å². The molecule has 92 valence electrons. The van der Waals surface area contributed by atoms with Crippen molar-refractivity contribution in [1.29, 1.82) is 0 Å². The van der Waals surface area contributed by atoms with Crippen LogP contribution in [0, 0.1) is 5.92 Å². The Bertz CT molecular complexity index is 354. The molecule has 3 unspecified atom stereocenters. The van der Waals surface area contributed by atoms with Crippen LogP contribution in [0.25, 0.3) is 0 Å². The first-order valence-corrected chi connectivity index (χ1v) is 5.54. The highest BCUT2D eigenvalue weighted by Crippen LogP contribution is 2.24. The van der Waals surface area contributed by atoms with Gasteiger partial charge in [0.15, 0.2) is 0 Å². The fraction of sp³-hybridized carbons (Fsp3) is 0.700. The van der Waals surface area contributed by atoms with Crippen LogP contribution in [0.2, 0.25) is 0 Å². The van der Waals surface area contributed by atoms with Gasteiger partial charge in [0, 0.05) is 0 Å². The van der Waals surface area contributed by atoms with Crippen LogP contribution in [0.1, 0.15) is 6.42 Å². The topological polar surface area (TPSA) is 91.5 Å². The molecule has 3 aliphatic rings. The lowest BCUT2D eigenvalue weighted by Gasteiger charge is -2.29. The third-order valence-corrected chi connectivity index (χ3v) is 3.05. The number of epoxide rings is 2. The van der Waals surface area contributed by atoms with E-state index in [4.69, 9.17) is 9.47 Å². The van der Waals surface area contributed by atoms with Gasteiger partial charge in [-0.3, -0.25) is 19.8 Å². The molecule has 0 aromatic carbocycles. The Balaban J connectivity index is 1.71. The van der Waals surface area contributed by atoms with E-state index in [0.29, 0.717) is 19.6 Å². The molecular formula is C10H12N2O5. The van der Waals surface area contributed by atoms with Gasteiger partial charge in [0.25, 0.3) is 0 Å². The highest BCUT2D eigenvalue weighted by molar-refractivity contribution is 6.16. The average Bonchev–Trinajstić information content (AvgIpc) is 3.12. The van der Waals surface area contributed by atoms with Crippen LogP contribution in [0.5, 0.6) is 0 Å². The van der Waals surface area contributed by atoms with Crippen molar-refractivity contribution < 1.29 is 23.9 Å². The van der Waals surface area contributed by atoms with Gasteiger partial charge in [-0.15, -0.1) is 0 Å². The predicted octanol–water partition coefficient (Wildman–Crippen LogP) is -1.13. The number of hydrogen-bond donors (Lipinski definition) is 1. The second-order valence-electron chi connectivity index (χ2n) is 4.44. The number of nitrogens with one attached hydrogen (secondary N) is 1. The number of carbonyl (C=O) groups is 3. The maximum atomic E-state index is 12.0. The van der Waals surface area contributed by atoms with Crippen molar-refractivity contribution in [2.75, 3.05) is 19.8 Å². The number of imide groups is 2. The van der Waals surface area contributed by atoms with Gasteiger partial charge in [-0.25, -0.2) is 4.79 Å². The maximum Gasteiger partial charge on any atom is 0.330 e. The highest BCUT2D eigenvalue weighted by Gasteiger charge is 2.45. The fourth-order valence-electron chi connectivity index (χ4n) is 1.89. The monoisotopic (exact) mass is 240 g/mol. The van der Waals surface area contributed by atoms with Gasteiger partial charge < -0.3 is 9.47 Å². The maximum absolute atomic E-state index is 12.0. The van der Waals surface area contributed by atoms with Crippen molar-refractivity contribution in [1.82, 2.24) is 10.2 Å². The number of amides is 4. The molecule has 3 aliphatic heterocycles. The van der Waals surface area contributed by atoms with Crippen molar-refractivity contribution in [3.8, 4) is 0 Å². The summed E-state index contributed by atoms with van der Waals surface area (Å²) in [7, 11) is 0. The molecule has 0 bridgehead atoms. The molecule has 17 heavy (non-hydrogen) atoms. The number of carbonyl (C=O) groups excluding carboxylic acids is 3. The van der Waals surface area contributed by atoms with E-state index < -0.39 is 23.8 Å². The third kappa shape index (κ3) is 2.16. The number of nitrogens with zero attached hydrogens (tertiary/aromatic N) is 1. The first-order valence-electron chi connectivity index (χ1n) is 5.54. The molecule has 0 aromatic rings. The Morgan fingerprint density at radius 1 is 1.18 bits per heavy atom. The van der Waals surface area contributed by atoms with Gasteiger partial charge in [-0.2, -0.15) is 0 Å². The van der Waals surface area contributed by atoms with Crippen LogP contribution in [0.3, 0.4) is 0 Å². The molecule has 3 fully saturated rings. The first-order chi connectivity index (χ1) is 8.15. The predicted molar refractivity (Wildman–Crippen MR) is 52.8 cm³/mol. The Kier molecular flexibility index (Phi) is 2.37. The van der Waals surface area contributed by atoms with E-state index in [1.165, 1.54) is 0 Å². The lowest BCUT2D eigenvalue weighted by molar-refractivity contribution is -0.143. The van der Waals surface area contributed by atoms with E-state index in [1.54, 1.807) is 0 Å². The van der Waals surface area contributed by atoms with Crippen LogP contribution in [-0.2, 0) is 19.1 Å². The van der Waals surface area contributed by atoms with Crippen molar-refractivity contribution in [3.05, 3.63) is 0 Å². The minimum Gasteiger partial charge on any atom is -0.373 e. The van der Waals surface area contributed by atoms with E-state index in [9.17, 15) is 14.4 Å². The Hall–Kier alpha value is -1.47. The van der Waals surface area contributed by atoms with E-state index in [0.717, 1.165) is 4.90 Å². The van der Waals surface area contributed by atoms with Gasteiger partial charge in [-0.05, 0) is 6.42 Å². The molecule has 0 saturated carbocycles. The van der Waals surface area contributed by atoms with Gasteiger partial charge >= 0.3 is 6.03 Å². The minimum atomic E-state index is -0.807. The zero-order valence-electron chi connectivity index (χ0n) is 9.05. The van der Waals surface area contributed by atoms with E-state index >= 15 is 0 Å². The molecule has 0 spiro atoms. The lowest BCUT2D eigenvalue weighted by atomic mass is 9.99. The summed E-state index contributed by atoms with van der Waals surface area (Å²) in [5.41, 5.74) is 0. The summed E-state index contributed by atoms with van der Waals surface area (Å²) in [5, 5.41) is 2.19. The quantitative estimate of drug-likeness (QED) is 0.496. The van der Waals surface area contributed by atoms with Crippen LogP contribution in [0.15, 0.2) is 0 Å². The molecule has 0 aliphatic carbocycles. The van der Waals surface area contributed by atoms with Crippen LogP contribution in [-0.4, -0.2) is 54.7 Å². The van der Waals surface area contributed by atoms with E-state index in [1.807, 2.05) is 0 Å². The molecular weight excluding hydrogens is 228 g/mol. The van der Waals surface area contributed by atoms with Crippen molar-refractivity contribution >= 4 is 17.8 Å². The Morgan fingerprint density at radius 3 is 2.41 bits per heavy atom. The summed E-state index contributed by atoms with van der Waals surface area (Å²) in [6.07, 6.45) is 0.248. The van der Waals surface area contributed by atoms with Gasteiger partial charge in [-0.1, -0.05) is 0 Å². The molecule has 3 atom stereocenters. The summed E-state index contributed by atoms with van der Waals surface area (Å²) in [6, 6.07) is -0.650. The van der Waals surface area contributed by atoms with E-state index in [-0.39, 0.29) is 18.8 Å². The zero-order chi connectivity index (χ0) is 12.0. The highest BCUT2D eigenvalue weighted by atomic mass is 16.6. The molecule has 0 radical (unpaired) electrons. The lowest BCUT2D eigenvalue weighted by Crippen LogP contribution is -2.58.